The van der Waals surface area contributed by atoms with Crippen molar-refractivity contribution in [2.45, 2.75) is 223 Å². The van der Waals surface area contributed by atoms with Gasteiger partial charge in [0.05, 0.1) is 43.5 Å². The number of H-pyrrole nitrogens is 2. The van der Waals surface area contributed by atoms with E-state index in [1.165, 1.54) is 61.8 Å². The topological polar surface area (TPSA) is 608 Å². The molecule has 2 fully saturated rings. The standard InChI is InChI=1S/C85H118N22O19S/c1-9-11-22-65-80(121)92-46(5)74(115)99-64(77(118)91-40-71(88)113)43-127-44-72(114)93-60(31-48-25-27-52(109)28-26-48)82(123)103(7)47(6)75(116)95-61(36-70(87)112)83(124)105-29-17-24-66(105)81(122)97-62(37-86)78(119)96-59(30-45(3)4)84(125)106-41-53(110)35-68(106)69(111)34-49(32-50-38-89-56-20-15-13-18-54(50)56)76(117)98-63(42-108)79(120)94-58(33-51-39-90-57-21-16-14-19-55(51)57)73-100-101-102-107(73)67(23-12-10-2)85(126)104(65)8/h13-16,18-21,25-28,38-39,45-47,49,53,58-68,89-90,108-110H,9-12,17,22-24,29-37,40-44,86H2,1-8H3,(H2,87,112)(H2,88,113)(H,91,118)(H,92,121)(H,93,114)(H,94,120)(H,95,116)(H,96,119)(H,97,122)(H,98,117)(H,99,115)/t46-,47-,49+,53+,58-,59-,60-,61-,62-,63-,64-,65-,66-,67-,68-/m0/s1. The van der Waals surface area contributed by atoms with Crippen molar-refractivity contribution in [2.24, 2.45) is 29.0 Å². The van der Waals surface area contributed by atoms with Crippen LogP contribution in [0.2, 0.25) is 0 Å². The van der Waals surface area contributed by atoms with Crippen LogP contribution in [0.1, 0.15) is 153 Å². The number of carbonyl (C=O) groups excluding carboxylic acids is 16. The maximum Gasteiger partial charge on any atom is 0.248 e. The second kappa shape index (κ2) is 46.2. The number of nitrogens with two attached hydrogens (primary N) is 3. The van der Waals surface area contributed by atoms with E-state index in [2.05, 4.69) is 73.3 Å². The molecule has 3 aliphatic rings. The number of hydrogen-bond acceptors (Lipinski definition) is 24. The van der Waals surface area contributed by atoms with Gasteiger partial charge in [0.25, 0.3) is 0 Å². The average Bonchev–Trinajstić information content (AvgIpc) is 1.69. The van der Waals surface area contributed by atoms with E-state index in [-0.39, 0.29) is 87.6 Å². The van der Waals surface area contributed by atoms with Crippen molar-refractivity contribution >= 4 is 128 Å². The Labute approximate surface area is 737 Å². The van der Waals surface area contributed by atoms with Crippen molar-refractivity contribution in [1.29, 1.82) is 0 Å². The number of phenolic OH excluding ortho intramolecular Hbond substituents is 1. The second-order valence-corrected chi connectivity index (χ2v) is 34.0. The van der Waals surface area contributed by atoms with Crippen molar-refractivity contribution < 1.29 is 92.0 Å². The molecule has 0 saturated carbocycles. The number of likely N-dealkylation sites (N-methyl/N-ethyl adjacent to an activating group) is 2. The Morgan fingerprint density at radius 3 is 1.83 bits per heavy atom. The molecule has 3 aromatic heterocycles. The van der Waals surface area contributed by atoms with Crippen molar-refractivity contribution in [3.8, 4) is 5.75 Å². The summed E-state index contributed by atoms with van der Waals surface area (Å²) in [4.78, 5) is 242. The number of fused-ring (bicyclic) bond motifs is 5. The Bertz CT molecular complexity index is 4940. The molecule has 15 atom stereocenters. The van der Waals surface area contributed by atoms with Gasteiger partial charge in [-0.1, -0.05) is 102 Å². The third-order valence-corrected chi connectivity index (χ3v) is 24.1. The van der Waals surface area contributed by atoms with Crippen LogP contribution in [0.3, 0.4) is 0 Å². The van der Waals surface area contributed by atoms with Crippen LogP contribution in [0.25, 0.3) is 21.8 Å². The number of aromatic nitrogens is 6. The number of ketones is 1. The highest BCUT2D eigenvalue weighted by Crippen LogP contribution is 2.32. The fourth-order valence-corrected chi connectivity index (χ4v) is 16.8. The minimum absolute atomic E-state index is 0.0000922. The molecule has 0 spiro atoms. The lowest BCUT2D eigenvalue weighted by Gasteiger charge is -2.32. The van der Waals surface area contributed by atoms with E-state index in [0.717, 1.165) is 31.8 Å². The van der Waals surface area contributed by atoms with E-state index in [4.69, 9.17) is 17.2 Å². The first-order valence-corrected chi connectivity index (χ1v) is 43.9. The van der Waals surface area contributed by atoms with Gasteiger partial charge in [0, 0.05) is 105 Å². The molecule has 0 bridgehead atoms. The highest BCUT2D eigenvalue weighted by Gasteiger charge is 2.46. The van der Waals surface area contributed by atoms with Gasteiger partial charge in [0.1, 0.15) is 72.2 Å². The first-order valence-electron chi connectivity index (χ1n) is 42.7. The Hall–Kier alpha value is -12.4. The molecule has 6 heterocycles. The number of tetrazole rings is 1. The predicted molar refractivity (Wildman–Crippen MR) is 463 cm³/mol. The number of aromatic hydroxyl groups is 1. The summed E-state index contributed by atoms with van der Waals surface area (Å²) < 4.78 is 1.24. The van der Waals surface area contributed by atoms with E-state index in [1.807, 2.05) is 32.0 Å². The molecule has 0 unspecified atom stereocenters. The molecule has 0 aliphatic carbocycles. The SMILES string of the molecule is CCCC[C@H]1C(=O)N[C@@H](C)C(=O)N[C@H](C(=O)NCC(N)=O)CSCC(=O)N[C@@H](Cc2ccc(O)cc2)C(=O)N(C)[C@@H](C)C(=O)N[C@@H](CC(N)=O)C(=O)N2CCC[C@H]2C(=O)N[C@@H](CN)C(=O)N[C@@H](CC(C)C)C(=O)N2C[C@H](O)C[C@H]2C(=O)C[C@@H](Cc2c[nH]c3ccccc23)C(=O)N[C@@H](CO)C(=O)N[C@@H](Cc2c[nH]c3ccccc23)c2nnnn2[C@@H](CCCC)C(=O)N1C. The van der Waals surface area contributed by atoms with Crippen molar-refractivity contribution in [3.63, 3.8) is 0 Å². The molecule has 20 N–H and O–H groups in total. The van der Waals surface area contributed by atoms with E-state index in [9.17, 15) is 68.1 Å². The van der Waals surface area contributed by atoms with Crippen LogP contribution in [0.15, 0.2) is 85.2 Å². The molecular weight excluding hydrogens is 1670 g/mol. The zero-order chi connectivity index (χ0) is 92.6. The molecule has 0 radical (unpaired) electrons. The molecule has 42 heteroatoms. The molecule has 9 rings (SSSR count). The summed E-state index contributed by atoms with van der Waals surface area (Å²) in [7, 11) is 2.62. The summed E-state index contributed by atoms with van der Waals surface area (Å²) in [6, 6.07) is 0.886. The van der Waals surface area contributed by atoms with Crippen molar-refractivity contribution in [3.05, 3.63) is 108 Å². The van der Waals surface area contributed by atoms with Gasteiger partial charge in [0.15, 0.2) is 11.6 Å². The highest BCUT2D eigenvalue weighted by molar-refractivity contribution is 8.00. The number of nitrogens with zero attached hydrogens (tertiary/aromatic N) is 8. The lowest BCUT2D eigenvalue weighted by Crippen LogP contribution is -2.61. The first-order chi connectivity index (χ1) is 60.5. The van der Waals surface area contributed by atoms with Crippen LogP contribution in [0.4, 0.5) is 0 Å². The van der Waals surface area contributed by atoms with Crippen LogP contribution in [-0.2, 0) is 96.0 Å². The van der Waals surface area contributed by atoms with Crippen LogP contribution < -0.4 is 65.1 Å². The number of para-hydroxylation sites is 2. The fraction of sp³-hybridized carbons (Fsp3) is 0.541. The van der Waals surface area contributed by atoms with Gasteiger partial charge >= 0.3 is 0 Å². The number of rotatable bonds is 21. The predicted octanol–water partition coefficient (Wildman–Crippen LogP) is -2.02. The lowest BCUT2D eigenvalue weighted by molar-refractivity contribution is -0.145. The Morgan fingerprint density at radius 1 is 0.614 bits per heavy atom. The van der Waals surface area contributed by atoms with Crippen LogP contribution in [0.5, 0.6) is 5.75 Å². The molecule has 688 valence electrons. The monoisotopic (exact) mass is 1780 g/mol. The smallest absolute Gasteiger partial charge is 0.248 e. The summed E-state index contributed by atoms with van der Waals surface area (Å²) in [6.45, 7) is 7.07. The third-order valence-electron chi connectivity index (χ3n) is 23.0. The first kappa shape index (κ1) is 98.4. The normalized spacial score (nSPS) is 25.5. The van der Waals surface area contributed by atoms with Gasteiger partial charge < -0.3 is 110 Å². The molecule has 3 aromatic carbocycles. The minimum atomic E-state index is -1.77. The van der Waals surface area contributed by atoms with Crippen molar-refractivity contribution in [2.75, 3.05) is 58.4 Å². The summed E-state index contributed by atoms with van der Waals surface area (Å²) in [6.07, 6.45) is 1.95. The summed E-state index contributed by atoms with van der Waals surface area (Å²) in [5.74, 6) is -17.1. The number of Topliss-reactive ketones (excluding diaryl/α,β-unsaturated/α-hetero) is 1. The second-order valence-electron chi connectivity index (χ2n) is 33.0. The number of aromatic amines is 2. The number of benzene rings is 3. The molecule has 15 amide bonds. The Balaban J connectivity index is 1.07. The van der Waals surface area contributed by atoms with Gasteiger partial charge in [-0.3, -0.25) is 76.7 Å². The van der Waals surface area contributed by atoms with Crippen molar-refractivity contribution in [1.82, 2.24) is 97.6 Å². The molecule has 3 aliphatic heterocycles. The summed E-state index contributed by atoms with van der Waals surface area (Å²) in [5, 5.41) is 70.7. The number of aliphatic hydroxyl groups is 2. The maximum atomic E-state index is 15.6. The third kappa shape index (κ3) is 26.1. The van der Waals surface area contributed by atoms with E-state index >= 15 is 24.0 Å². The quantitative estimate of drug-likeness (QED) is 0.0370. The van der Waals surface area contributed by atoms with E-state index < -0.39 is 230 Å². The largest absolute Gasteiger partial charge is 0.508 e. The van der Waals surface area contributed by atoms with Crippen LogP contribution >= 0.6 is 11.8 Å². The number of primary amides is 2. The van der Waals surface area contributed by atoms with Gasteiger partial charge in [-0.25, -0.2) is 4.68 Å². The molecular formula is C85H118N22O19S. The van der Waals surface area contributed by atoms with Crippen LogP contribution in [0, 0.1) is 11.8 Å². The number of hydrogen-bond donors (Lipinski definition) is 17. The number of phenols is 1. The van der Waals surface area contributed by atoms with E-state index in [1.54, 1.807) is 56.6 Å². The number of nitrogens with one attached hydrogen (secondary N) is 11. The zero-order valence-electron chi connectivity index (χ0n) is 72.5. The molecule has 41 nitrogen and oxygen atoms in total. The fourth-order valence-electron chi connectivity index (χ4n) is 15.9. The number of thioether (sulfide) groups is 1. The summed E-state index contributed by atoms with van der Waals surface area (Å²) >= 11 is 0.791. The van der Waals surface area contributed by atoms with Gasteiger partial charge in [-0.05, 0) is 110 Å². The molecule has 6 aromatic rings. The Morgan fingerprint density at radius 2 is 1.21 bits per heavy atom. The minimum Gasteiger partial charge on any atom is -0.508 e. The number of aliphatic hydroxyl groups excluding tert-OH is 2. The van der Waals surface area contributed by atoms with E-state index in [0.29, 0.717) is 58.8 Å². The summed E-state index contributed by atoms with van der Waals surface area (Å²) in [5.41, 5.74) is 20.2. The maximum absolute atomic E-state index is 15.6. The van der Waals surface area contributed by atoms with Gasteiger partial charge in [0.2, 0.25) is 88.6 Å². The number of unbranched alkanes of at least 4 members (excludes halogenated alkanes) is 2. The zero-order valence-corrected chi connectivity index (χ0v) is 73.3. The van der Waals surface area contributed by atoms with Gasteiger partial charge in [-0.15, -0.1) is 16.9 Å². The molecule has 2 saturated heterocycles. The lowest BCUT2D eigenvalue weighted by atomic mass is 9.90. The number of amides is 15. The van der Waals surface area contributed by atoms with Gasteiger partial charge in [-0.2, -0.15) is 0 Å². The Kier molecular flexibility index (Phi) is 35.7. The highest BCUT2D eigenvalue weighted by atomic mass is 32.2. The molecule has 127 heavy (non-hydrogen) atoms. The number of carbonyl (C=O) groups is 16. The van der Waals surface area contributed by atoms with Crippen LogP contribution in [-0.4, -0.2) is 290 Å². The average molecular weight is 1780 g/mol.